The number of nitrogens with one attached hydrogen (secondary N) is 1. The summed E-state index contributed by atoms with van der Waals surface area (Å²) in [7, 11) is 0. The first kappa shape index (κ1) is 12.2. The summed E-state index contributed by atoms with van der Waals surface area (Å²) in [6.07, 6.45) is 4.85. The van der Waals surface area contributed by atoms with Crippen LogP contribution in [0.2, 0.25) is 0 Å². The zero-order chi connectivity index (χ0) is 11.4. The molecule has 0 radical (unpaired) electrons. The van der Waals surface area contributed by atoms with E-state index in [1.165, 1.54) is 12.8 Å². The maximum Gasteiger partial charge on any atom is 0.232 e. The molecule has 0 spiro atoms. The number of hydrogen-bond donors (Lipinski definition) is 1. The van der Waals surface area contributed by atoms with Crippen molar-refractivity contribution in [1.82, 2.24) is 10.2 Å². The summed E-state index contributed by atoms with van der Waals surface area (Å²) in [6, 6.07) is 1.23. The molecule has 3 nitrogen and oxygen atoms in total. The van der Waals surface area contributed by atoms with Gasteiger partial charge in [-0.1, -0.05) is 6.92 Å². The molecule has 0 saturated carbocycles. The van der Waals surface area contributed by atoms with Crippen LogP contribution >= 0.6 is 11.8 Å². The molecule has 0 aromatic rings. The summed E-state index contributed by atoms with van der Waals surface area (Å²) in [5.74, 6) is 2.11. The third kappa shape index (κ3) is 3.14. The summed E-state index contributed by atoms with van der Waals surface area (Å²) in [5.41, 5.74) is 0. The maximum absolute atomic E-state index is 12.0. The molecule has 2 bridgehead atoms. The summed E-state index contributed by atoms with van der Waals surface area (Å²) >= 11 is 1.77. The molecule has 0 aromatic carbocycles. The van der Waals surface area contributed by atoms with Crippen LogP contribution in [0.3, 0.4) is 0 Å². The van der Waals surface area contributed by atoms with Crippen LogP contribution in [0.15, 0.2) is 0 Å². The van der Waals surface area contributed by atoms with E-state index in [2.05, 4.69) is 17.1 Å². The molecule has 2 aliphatic rings. The molecule has 2 unspecified atom stereocenters. The van der Waals surface area contributed by atoms with Gasteiger partial charge in [-0.15, -0.1) is 0 Å². The third-order valence-electron chi connectivity index (χ3n) is 3.45. The highest BCUT2D eigenvalue weighted by Gasteiger charge is 2.30. The molecular weight excluding hydrogens is 220 g/mol. The molecule has 0 aliphatic carbocycles. The molecule has 1 amide bonds. The van der Waals surface area contributed by atoms with Crippen molar-refractivity contribution < 1.29 is 4.79 Å². The highest BCUT2D eigenvalue weighted by atomic mass is 32.2. The van der Waals surface area contributed by atoms with Gasteiger partial charge >= 0.3 is 0 Å². The summed E-state index contributed by atoms with van der Waals surface area (Å²) in [4.78, 5) is 14.0. The fourth-order valence-electron chi connectivity index (χ4n) is 2.56. The number of likely N-dealkylation sites (tertiary alicyclic amines) is 1. The lowest BCUT2D eigenvalue weighted by Crippen LogP contribution is -2.39. The molecular formula is C12H22N2OS. The van der Waals surface area contributed by atoms with Crippen LogP contribution in [0.25, 0.3) is 0 Å². The van der Waals surface area contributed by atoms with Gasteiger partial charge in [0, 0.05) is 25.2 Å². The van der Waals surface area contributed by atoms with Crippen molar-refractivity contribution in [2.75, 3.05) is 24.6 Å². The topological polar surface area (TPSA) is 32.3 Å². The van der Waals surface area contributed by atoms with Crippen LogP contribution in [0.4, 0.5) is 0 Å². The fraction of sp³-hybridized carbons (Fsp3) is 0.917. The first-order valence-corrected chi connectivity index (χ1v) is 7.56. The van der Waals surface area contributed by atoms with Crippen molar-refractivity contribution in [3.63, 3.8) is 0 Å². The molecule has 2 rings (SSSR count). The lowest BCUT2D eigenvalue weighted by Gasteiger charge is -2.24. The lowest BCUT2D eigenvalue weighted by molar-refractivity contribution is -0.128. The van der Waals surface area contributed by atoms with Gasteiger partial charge < -0.3 is 10.2 Å². The van der Waals surface area contributed by atoms with E-state index >= 15 is 0 Å². The minimum absolute atomic E-state index is 0.341. The second kappa shape index (κ2) is 5.92. The molecule has 2 aliphatic heterocycles. The minimum atomic E-state index is 0.341. The number of fused-ring (bicyclic) bond motifs is 2. The van der Waals surface area contributed by atoms with Gasteiger partial charge in [0.05, 0.1) is 5.75 Å². The Kier molecular flexibility index (Phi) is 4.53. The summed E-state index contributed by atoms with van der Waals surface area (Å²) in [6.45, 7) is 4.05. The lowest BCUT2D eigenvalue weighted by atomic mass is 10.1. The van der Waals surface area contributed by atoms with Gasteiger partial charge in [-0.3, -0.25) is 4.79 Å². The van der Waals surface area contributed by atoms with Crippen LogP contribution in [0.5, 0.6) is 0 Å². The predicted molar refractivity (Wildman–Crippen MR) is 68.8 cm³/mol. The fourth-order valence-corrected chi connectivity index (χ4v) is 3.35. The van der Waals surface area contributed by atoms with Crippen molar-refractivity contribution in [3.8, 4) is 0 Å². The second-order valence-corrected chi connectivity index (χ2v) is 5.92. The molecule has 2 heterocycles. The smallest absolute Gasteiger partial charge is 0.232 e. The van der Waals surface area contributed by atoms with Crippen molar-refractivity contribution in [2.24, 2.45) is 0 Å². The van der Waals surface area contributed by atoms with Crippen LogP contribution < -0.4 is 5.32 Å². The number of hydrogen-bond acceptors (Lipinski definition) is 3. The monoisotopic (exact) mass is 242 g/mol. The zero-order valence-corrected chi connectivity index (χ0v) is 10.9. The molecule has 16 heavy (non-hydrogen) atoms. The Bertz CT molecular complexity index is 247. The van der Waals surface area contributed by atoms with Crippen LogP contribution in [0.1, 0.15) is 32.6 Å². The quantitative estimate of drug-likeness (QED) is 0.758. The van der Waals surface area contributed by atoms with Gasteiger partial charge in [-0.25, -0.2) is 0 Å². The number of carbonyl (C=O) groups is 1. The standard InChI is InChI=1S/C12H22N2OS/c1-2-7-16-9-12(15)14-6-5-10-3-4-11(8-14)13-10/h10-11,13H,2-9H2,1H3. The largest absolute Gasteiger partial charge is 0.340 e. The van der Waals surface area contributed by atoms with E-state index in [1.807, 2.05) is 0 Å². The van der Waals surface area contributed by atoms with E-state index in [4.69, 9.17) is 0 Å². The van der Waals surface area contributed by atoms with Gasteiger partial charge in [0.15, 0.2) is 0 Å². The Hall–Kier alpha value is -0.220. The average Bonchev–Trinajstić information content (AvgIpc) is 2.58. The maximum atomic E-state index is 12.0. The first-order valence-electron chi connectivity index (χ1n) is 6.41. The normalized spacial score (nSPS) is 29.2. The predicted octanol–water partition coefficient (Wildman–Crippen LogP) is 1.48. The van der Waals surface area contributed by atoms with Crippen molar-refractivity contribution in [3.05, 3.63) is 0 Å². The van der Waals surface area contributed by atoms with E-state index in [9.17, 15) is 4.79 Å². The Morgan fingerprint density at radius 3 is 3.00 bits per heavy atom. The molecule has 92 valence electrons. The van der Waals surface area contributed by atoms with Crippen LogP contribution in [-0.2, 0) is 4.79 Å². The van der Waals surface area contributed by atoms with Gasteiger partial charge in [0.1, 0.15) is 0 Å². The number of amides is 1. The van der Waals surface area contributed by atoms with Gasteiger partial charge in [0.25, 0.3) is 0 Å². The highest BCUT2D eigenvalue weighted by Crippen LogP contribution is 2.20. The molecule has 4 heteroatoms. The summed E-state index contributed by atoms with van der Waals surface area (Å²) < 4.78 is 0. The van der Waals surface area contributed by atoms with Crippen molar-refractivity contribution in [2.45, 2.75) is 44.7 Å². The molecule has 2 atom stereocenters. The van der Waals surface area contributed by atoms with Gasteiger partial charge in [-0.2, -0.15) is 11.8 Å². The highest BCUT2D eigenvalue weighted by molar-refractivity contribution is 7.99. The molecule has 2 fully saturated rings. The summed E-state index contributed by atoms with van der Waals surface area (Å²) in [5, 5.41) is 3.60. The number of thioether (sulfide) groups is 1. The zero-order valence-electron chi connectivity index (χ0n) is 10.1. The molecule has 2 saturated heterocycles. The molecule has 0 aromatic heterocycles. The second-order valence-electron chi connectivity index (χ2n) is 4.82. The van der Waals surface area contributed by atoms with E-state index in [0.717, 1.165) is 31.7 Å². The van der Waals surface area contributed by atoms with E-state index in [-0.39, 0.29) is 0 Å². The SMILES string of the molecule is CCCSCC(=O)N1CCC2CCC(C1)N2. The average molecular weight is 242 g/mol. The Morgan fingerprint density at radius 2 is 2.19 bits per heavy atom. The minimum Gasteiger partial charge on any atom is -0.340 e. The Labute approximate surface area is 102 Å². The first-order chi connectivity index (χ1) is 7.79. The number of nitrogens with zero attached hydrogens (tertiary/aromatic N) is 1. The Balaban J connectivity index is 1.78. The van der Waals surface area contributed by atoms with Crippen LogP contribution in [0, 0.1) is 0 Å². The van der Waals surface area contributed by atoms with E-state index in [1.54, 1.807) is 11.8 Å². The number of carbonyl (C=O) groups excluding carboxylic acids is 1. The van der Waals surface area contributed by atoms with Crippen molar-refractivity contribution in [1.29, 1.82) is 0 Å². The van der Waals surface area contributed by atoms with Crippen molar-refractivity contribution >= 4 is 17.7 Å². The number of rotatable bonds is 4. The van der Waals surface area contributed by atoms with E-state index < -0.39 is 0 Å². The van der Waals surface area contributed by atoms with Crippen LogP contribution in [-0.4, -0.2) is 47.5 Å². The Morgan fingerprint density at radius 1 is 1.38 bits per heavy atom. The van der Waals surface area contributed by atoms with Gasteiger partial charge in [-0.05, 0) is 31.4 Å². The van der Waals surface area contributed by atoms with Gasteiger partial charge in [0.2, 0.25) is 5.91 Å². The van der Waals surface area contributed by atoms with E-state index in [0.29, 0.717) is 23.7 Å². The molecule has 1 N–H and O–H groups in total. The third-order valence-corrected chi connectivity index (χ3v) is 4.60.